The second-order valence-corrected chi connectivity index (χ2v) is 9.48. The number of rotatable bonds is 2. The zero-order valence-electron chi connectivity index (χ0n) is 19.2. The van der Waals surface area contributed by atoms with Gasteiger partial charge in [-0.05, 0) is 31.4 Å². The molecule has 36 heavy (non-hydrogen) atoms. The molecule has 184 valence electrons. The number of nitrogens with one attached hydrogen (secondary N) is 1. The third kappa shape index (κ3) is 2.75. The molecule has 11 heteroatoms. The number of aryl methyl sites for hydroxylation is 1. The number of ether oxygens (including phenoxy) is 3. The van der Waals surface area contributed by atoms with Crippen LogP contribution >= 0.6 is 0 Å². The molecule has 0 bridgehead atoms. The summed E-state index contributed by atoms with van der Waals surface area (Å²) in [6.07, 6.45) is -1.57. The van der Waals surface area contributed by atoms with E-state index < -0.39 is 30.1 Å². The fraction of sp³-hybridized carbons (Fsp3) is 0.360. The predicted molar refractivity (Wildman–Crippen MR) is 122 cm³/mol. The molecule has 0 saturated heterocycles. The number of aromatic nitrogens is 2. The lowest BCUT2D eigenvalue weighted by molar-refractivity contribution is -0.157. The van der Waals surface area contributed by atoms with E-state index in [1.165, 1.54) is 6.92 Å². The van der Waals surface area contributed by atoms with Gasteiger partial charge in [-0.2, -0.15) is 0 Å². The second kappa shape index (κ2) is 7.28. The Balaban J connectivity index is 1.51. The minimum atomic E-state index is -1.55. The number of carbonyl (C=O) groups excluding carboxylic acids is 2. The van der Waals surface area contributed by atoms with Crippen molar-refractivity contribution in [2.24, 2.45) is 0 Å². The summed E-state index contributed by atoms with van der Waals surface area (Å²) in [6, 6.07) is 2.99. The Hall–Kier alpha value is -3.96. The van der Waals surface area contributed by atoms with E-state index >= 15 is 0 Å². The van der Waals surface area contributed by atoms with Crippen molar-refractivity contribution in [1.29, 1.82) is 0 Å². The molecule has 5 heterocycles. The molecule has 0 fully saturated rings. The lowest BCUT2D eigenvalue weighted by atomic mass is 9.83. The smallest absolute Gasteiger partial charge is 0.340 e. The third-order valence-electron chi connectivity index (χ3n) is 7.45. The largest absolute Gasteiger partial charge is 0.458 e. The summed E-state index contributed by atoms with van der Waals surface area (Å²) in [7, 11) is 0. The normalized spacial score (nSPS) is 21.5. The van der Waals surface area contributed by atoms with Crippen molar-refractivity contribution in [2.75, 3.05) is 6.79 Å². The van der Waals surface area contributed by atoms with E-state index in [0.29, 0.717) is 41.2 Å². The number of fused-ring (bicyclic) bond motifs is 7. The van der Waals surface area contributed by atoms with Gasteiger partial charge in [0.25, 0.3) is 5.56 Å². The fourth-order valence-corrected chi connectivity index (χ4v) is 5.77. The van der Waals surface area contributed by atoms with Crippen LogP contribution in [0.25, 0.3) is 22.3 Å². The lowest BCUT2D eigenvalue weighted by Crippen LogP contribution is -2.37. The van der Waals surface area contributed by atoms with Crippen LogP contribution in [0.15, 0.2) is 16.9 Å². The molecule has 2 unspecified atom stereocenters. The van der Waals surface area contributed by atoms with E-state index in [-0.39, 0.29) is 36.6 Å². The summed E-state index contributed by atoms with van der Waals surface area (Å²) in [6.45, 7) is 1.51. The van der Waals surface area contributed by atoms with Gasteiger partial charge in [0.2, 0.25) is 12.7 Å². The number of aliphatic hydroxyl groups is 2. The Morgan fingerprint density at radius 1 is 1.19 bits per heavy atom. The third-order valence-corrected chi connectivity index (χ3v) is 7.45. The van der Waals surface area contributed by atoms with Gasteiger partial charge in [-0.25, -0.2) is 9.78 Å². The highest BCUT2D eigenvalue weighted by Gasteiger charge is 2.38. The van der Waals surface area contributed by atoms with Crippen molar-refractivity contribution in [3.63, 3.8) is 0 Å². The summed E-state index contributed by atoms with van der Waals surface area (Å²) < 4.78 is 17.9. The monoisotopic (exact) mass is 491 g/mol. The van der Waals surface area contributed by atoms with Crippen molar-refractivity contribution >= 4 is 22.8 Å². The molecular weight excluding hydrogens is 470 g/mol. The van der Waals surface area contributed by atoms with Crippen LogP contribution in [0, 0.1) is 0 Å². The van der Waals surface area contributed by atoms with Crippen molar-refractivity contribution in [2.45, 2.75) is 51.2 Å². The predicted octanol–water partition coefficient (Wildman–Crippen LogP) is 0.728. The first-order chi connectivity index (χ1) is 17.3. The van der Waals surface area contributed by atoms with Crippen LogP contribution in [0.3, 0.4) is 0 Å². The molecule has 4 aliphatic rings. The molecule has 7 rings (SSSR count). The van der Waals surface area contributed by atoms with Crippen LogP contribution in [0.1, 0.15) is 53.3 Å². The number of carbonyl (C=O) groups is 2. The summed E-state index contributed by atoms with van der Waals surface area (Å²) in [5.41, 5.74) is 4.24. The molecule has 0 radical (unpaired) electrons. The van der Waals surface area contributed by atoms with Gasteiger partial charge < -0.3 is 34.3 Å². The Morgan fingerprint density at radius 2 is 2.03 bits per heavy atom. The van der Waals surface area contributed by atoms with Gasteiger partial charge in [-0.1, -0.05) is 0 Å². The first-order valence-corrected chi connectivity index (χ1v) is 11.7. The van der Waals surface area contributed by atoms with Gasteiger partial charge in [0.15, 0.2) is 17.6 Å². The zero-order chi connectivity index (χ0) is 24.9. The summed E-state index contributed by atoms with van der Waals surface area (Å²) >= 11 is 0. The molecule has 3 atom stereocenters. The van der Waals surface area contributed by atoms with Gasteiger partial charge in [-0.3, -0.25) is 9.59 Å². The minimum Gasteiger partial charge on any atom is -0.458 e. The summed E-state index contributed by atoms with van der Waals surface area (Å²) in [5, 5.41) is 24.0. The van der Waals surface area contributed by atoms with Crippen molar-refractivity contribution in [3.05, 3.63) is 50.3 Å². The van der Waals surface area contributed by atoms with Crippen LogP contribution in [-0.4, -0.2) is 44.5 Å². The highest BCUT2D eigenvalue weighted by molar-refractivity contribution is 5.96. The van der Waals surface area contributed by atoms with Crippen LogP contribution in [0.4, 0.5) is 0 Å². The van der Waals surface area contributed by atoms with Gasteiger partial charge in [0.05, 0.1) is 35.1 Å². The minimum absolute atomic E-state index is 0.105. The summed E-state index contributed by atoms with van der Waals surface area (Å²) in [4.78, 5) is 42.8. The number of hydrogen-bond donors (Lipinski definition) is 3. The molecule has 1 aliphatic carbocycles. The van der Waals surface area contributed by atoms with Crippen molar-refractivity contribution in [1.82, 2.24) is 14.9 Å². The quantitative estimate of drug-likeness (QED) is 0.345. The number of cyclic esters (lactones) is 1. The summed E-state index contributed by atoms with van der Waals surface area (Å²) in [5.74, 6) is -0.0520. The van der Waals surface area contributed by atoms with E-state index in [2.05, 4.69) is 5.32 Å². The standard InChI is InChI=1S/C25H21N3O8/c1-9(29)23(31)27-14-3-2-10-18-15(5-17-22(10)36-8-35-17)26-20-12(19(14)18)6-28-16(20)4-11-13(24(28)32)7-34-25(33)21(11)30/h4-5,9,14,21,29-30H,2-3,6-8H2,1H3,(H,27,31)/t9?,14-,21?/m1/s1. The molecule has 3 aromatic rings. The molecule has 3 N–H and O–H groups in total. The average molecular weight is 491 g/mol. The highest BCUT2D eigenvalue weighted by Crippen LogP contribution is 2.50. The van der Waals surface area contributed by atoms with Gasteiger partial charge in [0.1, 0.15) is 12.7 Å². The number of hydrogen-bond acceptors (Lipinski definition) is 9. The number of nitrogens with zero attached hydrogens (tertiary/aromatic N) is 2. The second-order valence-electron chi connectivity index (χ2n) is 9.48. The van der Waals surface area contributed by atoms with Crippen LogP contribution < -0.4 is 20.3 Å². The van der Waals surface area contributed by atoms with Crippen LogP contribution in [0.2, 0.25) is 0 Å². The molecule has 0 saturated carbocycles. The molecule has 3 aliphatic heterocycles. The molecule has 1 amide bonds. The zero-order valence-corrected chi connectivity index (χ0v) is 19.2. The maximum atomic E-state index is 13.4. The Labute approximate surface area is 203 Å². The fourth-order valence-electron chi connectivity index (χ4n) is 5.77. The number of aliphatic hydroxyl groups excluding tert-OH is 2. The van der Waals surface area contributed by atoms with E-state index in [1.54, 1.807) is 16.7 Å². The Kier molecular flexibility index (Phi) is 4.31. The molecular formula is C25H21N3O8. The first-order valence-electron chi connectivity index (χ1n) is 11.7. The van der Waals surface area contributed by atoms with Gasteiger partial charge >= 0.3 is 5.97 Å². The Bertz CT molecular complexity index is 1590. The molecule has 2 aromatic heterocycles. The molecule has 11 nitrogen and oxygen atoms in total. The maximum Gasteiger partial charge on any atom is 0.340 e. The van der Waals surface area contributed by atoms with E-state index in [4.69, 9.17) is 19.2 Å². The number of esters is 1. The van der Waals surface area contributed by atoms with Crippen molar-refractivity contribution in [3.8, 4) is 22.9 Å². The van der Waals surface area contributed by atoms with E-state index in [0.717, 1.165) is 22.1 Å². The Morgan fingerprint density at radius 3 is 2.83 bits per heavy atom. The maximum absolute atomic E-state index is 13.4. The van der Waals surface area contributed by atoms with Crippen LogP contribution in [0.5, 0.6) is 11.5 Å². The topological polar surface area (TPSA) is 149 Å². The SMILES string of the molecule is CC(O)C(=O)N[C@@H]1CCc2c3c(cc4nc5c(c1c24)Cn1c-5cc2c(c1=O)COC(=O)C2O)OCO3. The van der Waals surface area contributed by atoms with E-state index in [9.17, 15) is 24.6 Å². The van der Waals surface area contributed by atoms with Gasteiger partial charge in [-0.15, -0.1) is 0 Å². The van der Waals surface area contributed by atoms with Gasteiger partial charge in [0, 0.05) is 28.1 Å². The average Bonchev–Trinajstić information content (AvgIpc) is 3.47. The van der Waals surface area contributed by atoms with Crippen molar-refractivity contribution < 1.29 is 34.0 Å². The van der Waals surface area contributed by atoms with E-state index in [1.807, 2.05) is 0 Å². The van der Waals surface area contributed by atoms with Crippen LogP contribution in [-0.2, 0) is 33.9 Å². The number of benzene rings is 1. The lowest BCUT2D eigenvalue weighted by Gasteiger charge is -2.29. The number of pyridine rings is 2. The highest BCUT2D eigenvalue weighted by atomic mass is 16.7. The first kappa shape index (κ1) is 21.3. The number of amides is 1. The molecule has 1 aromatic carbocycles. The molecule has 0 spiro atoms.